The van der Waals surface area contributed by atoms with Crippen molar-refractivity contribution in [2.24, 2.45) is 0 Å². The zero-order valence-corrected chi connectivity index (χ0v) is 12.1. The van der Waals surface area contributed by atoms with Crippen LogP contribution in [0.4, 0.5) is 0 Å². The Morgan fingerprint density at radius 2 is 1.78 bits per heavy atom. The molecule has 2 nitrogen and oxygen atoms in total. The summed E-state index contributed by atoms with van der Waals surface area (Å²) in [7, 11) is 0. The van der Waals surface area contributed by atoms with Crippen molar-refractivity contribution in [1.29, 1.82) is 0 Å². The first-order valence-corrected chi connectivity index (χ1v) is 6.96. The van der Waals surface area contributed by atoms with Gasteiger partial charge in [-0.2, -0.15) is 0 Å². The minimum absolute atomic E-state index is 0.140. The Morgan fingerprint density at radius 3 is 2.22 bits per heavy atom. The van der Waals surface area contributed by atoms with E-state index in [1.165, 1.54) is 16.9 Å². The van der Waals surface area contributed by atoms with Gasteiger partial charge in [-0.25, -0.2) is 4.98 Å². The second-order valence-electron chi connectivity index (χ2n) is 5.60. The van der Waals surface area contributed by atoms with E-state index in [1.54, 1.807) is 0 Å². The third-order valence-electron chi connectivity index (χ3n) is 2.96. The molecule has 2 aromatic rings. The second kappa shape index (κ2) is 4.82. The van der Waals surface area contributed by atoms with Gasteiger partial charge in [0.05, 0.1) is 0 Å². The Bertz CT molecular complexity index is 522. The molecule has 0 saturated carbocycles. The van der Waals surface area contributed by atoms with Crippen molar-refractivity contribution in [3.05, 3.63) is 51.5 Å². The Kier molecular flexibility index (Phi) is 3.55. The topological polar surface area (TPSA) is 33.1 Å². The van der Waals surface area contributed by atoms with Crippen molar-refractivity contribution < 1.29 is 5.11 Å². The molecule has 0 aliphatic rings. The van der Waals surface area contributed by atoms with Crippen LogP contribution in [0.5, 0.6) is 0 Å². The van der Waals surface area contributed by atoms with Crippen molar-refractivity contribution >= 4 is 11.3 Å². The molecule has 1 N–H and O–H groups in total. The molecule has 0 bridgehead atoms. The molecule has 1 aromatic heterocycles. The molecule has 1 unspecified atom stereocenters. The van der Waals surface area contributed by atoms with E-state index >= 15 is 0 Å². The Morgan fingerprint density at radius 1 is 1.17 bits per heavy atom. The average molecular weight is 261 g/mol. The molecular weight excluding hydrogens is 242 g/mol. The molecule has 0 fully saturated rings. The van der Waals surface area contributed by atoms with Crippen LogP contribution in [-0.2, 0) is 5.41 Å². The first-order chi connectivity index (χ1) is 8.38. The molecule has 0 radical (unpaired) electrons. The molecule has 0 spiro atoms. The predicted molar refractivity (Wildman–Crippen MR) is 76.1 cm³/mol. The summed E-state index contributed by atoms with van der Waals surface area (Å²) in [5.74, 6) is 0. The van der Waals surface area contributed by atoms with Gasteiger partial charge in [0.2, 0.25) is 0 Å². The lowest BCUT2D eigenvalue weighted by Crippen LogP contribution is -2.11. The number of rotatable bonds is 2. The van der Waals surface area contributed by atoms with E-state index in [0.717, 1.165) is 16.3 Å². The normalized spacial score (nSPS) is 13.6. The van der Waals surface area contributed by atoms with Crippen LogP contribution in [0.3, 0.4) is 0 Å². The summed E-state index contributed by atoms with van der Waals surface area (Å²) in [6.07, 6.45) is -0.613. The van der Waals surface area contributed by atoms with Crippen LogP contribution < -0.4 is 0 Å². The Labute approximate surface area is 112 Å². The number of nitrogens with zero attached hydrogens (tertiary/aromatic N) is 1. The van der Waals surface area contributed by atoms with E-state index in [0.29, 0.717) is 0 Å². The molecule has 2 rings (SSSR count). The standard InChI is InChI=1S/C15H19NOS/c1-10-9-18-14(16-10)13(17)11-5-7-12(8-6-11)15(2,3)4/h5-9,13,17H,1-4H3. The van der Waals surface area contributed by atoms with Crippen LogP contribution in [0.15, 0.2) is 29.6 Å². The van der Waals surface area contributed by atoms with E-state index in [9.17, 15) is 5.11 Å². The molecule has 3 heteroatoms. The molecule has 0 aliphatic carbocycles. The van der Waals surface area contributed by atoms with Gasteiger partial charge in [-0.05, 0) is 23.5 Å². The van der Waals surface area contributed by atoms with Crippen molar-refractivity contribution in [3.63, 3.8) is 0 Å². The summed E-state index contributed by atoms with van der Waals surface area (Å²) >= 11 is 1.50. The highest BCUT2D eigenvalue weighted by Gasteiger charge is 2.17. The first kappa shape index (κ1) is 13.2. The lowest BCUT2D eigenvalue weighted by molar-refractivity contribution is 0.219. The van der Waals surface area contributed by atoms with Crippen LogP contribution in [0.2, 0.25) is 0 Å². The molecule has 1 atom stereocenters. The molecule has 96 valence electrons. The quantitative estimate of drug-likeness (QED) is 0.891. The number of hydrogen-bond donors (Lipinski definition) is 1. The summed E-state index contributed by atoms with van der Waals surface area (Å²) in [4.78, 5) is 4.33. The maximum absolute atomic E-state index is 10.2. The van der Waals surface area contributed by atoms with Crippen LogP contribution in [0.25, 0.3) is 0 Å². The molecule has 18 heavy (non-hydrogen) atoms. The minimum atomic E-state index is -0.613. The summed E-state index contributed by atoms with van der Waals surface area (Å²) in [6, 6.07) is 8.14. The SMILES string of the molecule is Cc1csc(C(O)c2ccc(C(C)(C)C)cc2)n1. The highest BCUT2D eigenvalue weighted by atomic mass is 32.1. The third kappa shape index (κ3) is 2.79. The van der Waals surface area contributed by atoms with Crippen LogP contribution in [0.1, 0.15) is 48.7 Å². The van der Waals surface area contributed by atoms with Gasteiger partial charge in [-0.1, -0.05) is 45.0 Å². The van der Waals surface area contributed by atoms with E-state index in [1.807, 2.05) is 24.4 Å². The minimum Gasteiger partial charge on any atom is -0.381 e. The van der Waals surface area contributed by atoms with Gasteiger partial charge in [0.25, 0.3) is 0 Å². The van der Waals surface area contributed by atoms with E-state index in [4.69, 9.17) is 0 Å². The lowest BCUT2D eigenvalue weighted by atomic mass is 9.86. The number of thiazole rings is 1. The van der Waals surface area contributed by atoms with Crippen molar-refractivity contribution in [1.82, 2.24) is 4.98 Å². The van der Waals surface area contributed by atoms with Gasteiger partial charge in [0, 0.05) is 11.1 Å². The Hall–Kier alpha value is -1.19. The van der Waals surface area contributed by atoms with Gasteiger partial charge in [0.1, 0.15) is 11.1 Å². The fourth-order valence-electron chi connectivity index (χ4n) is 1.81. The van der Waals surface area contributed by atoms with E-state index in [-0.39, 0.29) is 5.41 Å². The number of aliphatic hydroxyl groups is 1. The van der Waals surface area contributed by atoms with Crippen LogP contribution in [0, 0.1) is 6.92 Å². The number of aromatic nitrogens is 1. The average Bonchev–Trinajstić information content (AvgIpc) is 2.74. The third-order valence-corrected chi connectivity index (χ3v) is 3.98. The van der Waals surface area contributed by atoms with Gasteiger partial charge in [0.15, 0.2) is 0 Å². The van der Waals surface area contributed by atoms with Crippen molar-refractivity contribution in [3.8, 4) is 0 Å². The van der Waals surface area contributed by atoms with E-state index in [2.05, 4.69) is 37.9 Å². The molecule has 1 heterocycles. The number of hydrogen-bond acceptors (Lipinski definition) is 3. The molecule has 0 aliphatic heterocycles. The summed E-state index contributed by atoms with van der Waals surface area (Å²) < 4.78 is 0. The maximum atomic E-state index is 10.2. The summed E-state index contributed by atoms with van der Waals surface area (Å²) in [5.41, 5.74) is 3.27. The zero-order valence-electron chi connectivity index (χ0n) is 11.3. The molecule has 1 aromatic carbocycles. The lowest BCUT2D eigenvalue weighted by Gasteiger charge is -2.19. The predicted octanol–water partition coefficient (Wildman–Crippen LogP) is 3.83. The monoisotopic (exact) mass is 261 g/mol. The van der Waals surface area contributed by atoms with Gasteiger partial charge in [-0.15, -0.1) is 11.3 Å². The fraction of sp³-hybridized carbons (Fsp3) is 0.400. The smallest absolute Gasteiger partial charge is 0.131 e. The number of aryl methyl sites for hydroxylation is 1. The molecule has 0 amide bonds. The van der Waals surface area contributed by atoms with Crippen molar-refractivity contribution in [2.45, 2.75) is 39.2 Å². The first-order valence-electron chi connectivity index (χ1n) is 6.08. The van der Waals surface area contributed by atoms with Crippen LogP contribution in [-0.4, -0.2) is 10.1 Å². The Balaban J connectivity index is 2.24. The summed E-state index contributed by atoms with van der Waals surface area (Å²) in [5, 5.41) is 13.0. The highest BCUT2D eigenvalue weighted by molar-refractivity contribution is 7.09. The second-order valence-corrected chi connectivity index (χ2v) is 6.49. The van der Waals surface area contributed by atoms with Crippen molar-refractivity contribution in [2.75, 3.05) is 0 Å². The van der Waals surface area contributed by atoms with E-state index < -0.39 is 6.10 Å². The molecule has 0 saturated heterocycles. The maximum Gasteiger partial charge on any atom is 0.131 e. The summed E-state index contributed by atoms with van der Waals surface area (Å²) in [6.45, 7) is 8.49. The van der Waals surface area contributed by atoms with Gasteiger partial charge < -0.3 is 5.11 Å². The molecular formula is C15H19NOS. The van der Waals surface area contributed by atoms with Gasteiger partial charge >= 0.3 is 0 Å². The largest absolute Gasteiger partial charge is 0.381 e. The number of benzene rings is 1. The van der Waals surface area contributed by atoms with Gasteiger partial charge in [-0.3, -0.25) is 0 Å². The highest BCUT2D eigenvalue weighted by Crippen LogP contribution is 2.28. The zero-order chi connectivity index (χ0) is 13.3. The number of aliphatic hydroxyl groups excluding tert-OH is 1. The fourth-order valence-corrected chi connectivity index (χ4v) is 2.61. The van der Waals surface area contributed by atoms with Crippen LogP contribution >= 0.6 is 11.3 Å².